The molecule has 1 atom stereocenters. The van der Waals surface area contributed by atoms with Crippen LogP contribution in [0.3, 0.4) is 0 Å². The zero-order valence-electron chi connectivity index (χ0n) is 16.0. The number of carbonyl (C=O) groups excluding carboxylic acids is 2. The Labute approximate surface area is 188 Å². The third-order valence-corrected chi connectivity index (χ3v) is 8.36. The average Bonchev–Trinajstić information content (AvgIpc) is 3.18. The Bertz CT molecular complexity index is 1070. The molecule has 1 unspecified atom stereocenters. The molecular formula is C18H20Cl2N4O4S2. The minimum absolute atomic E-state index is 0.0767. The molecule has 1 aliphatic heterocycles. The topological polar surface area (TPSA) is 113 Å². The van der Waals surface area contributed by atoms with Crippen molar-refractivity contribution in [3.8, 4) is 0 Å². The monoisotopic (exact) mass is 490 g/mol. The van der Waals surface area contributed by atoms with Crippen LogP contribution in [0.4, 0.5) is 5.00 Å². The summed E-state index contributed by atoms with van der Waals surface area (Å²) in [6.45, 7) is 2.94. The summed E-state index contributed by atoms with van der Waals surface area (Å²) in [4.78, 5) is 26.0. The average molecular weight is 491 g/mol. The summed E-state index contributed by atoms with van der Waals surface area (Å²) >= 11 is 13.0. The van der Waals surface area contributed by atoms with Crippen molar-refractivity contribution in [2.75, 3.05) is 31.5 Å². The van der Waals surface area contributed by atoms with Crippen molar-refractivity contribution in [2.24, 2.45) is 5.73 Å². The quantitative estimate of drug-likeness (QED) is 0.645. The lowest BCUT2D eigenvalue weighted by Gasteiger charge is -2.36. The third-order valence-electron chi connectivity index (χ3n) is 4.90. The number of sulfonamides is 1. The summed E-state index contributed by atoms with van der Waals surface area (Å²) in [6, 6.07) is 5.25. The number of anilines is 1. The van der Waals surface area contributed by atoms with E-state index in [-0.39, 0.29) is 39.5 Å². The molecule has 1 aromatic carbocycles. The molecule has 1 aromatic heterocycles. The molecular weight excluding hydrogens is 471 g/mol. The second-order valence-corrected chi connectivity index (χ2v) is 10.4. The van der Waals surface area contributed by atoms with Crippen molar-refractivity contribution in [1.82, 2.24) is 9.21 Å². The molecule has 12 heteroatoms. The minimum atomic E-state index is -3.71. The fourth-order valence-electron chi connectivity index (χ4n) is 3.10. The highest BCUT2D eigenvalue weighted by Crippen LogP contribution is 2.27. The van der Waals surface area contributed by atoms with E-state index in [2.05, 4.69) is 5.32 Å². The van der Waals surface area contributed by atoms with Gasteiger partial charge in [-0.15, -0.1) is 11.3 Å². The Kier molecular flexibility index (Phi) is 7.05. The van der Waals surface area contributed by atoms with E-state index in [1.807, 2.05) is 4.90 Å². The summed E-state index contributed by atoms with van der Waals surface area (Å²) in [5.74, 6) is -0.902. The van der Waals surface area contributed by atoms with E-state index < -0.39 is 22.0 Å². The van der Waals surface area contributed by atoms with Crippen molar-refractivity contribution in [3.63, 3.8) is 0 Å². The van der Waals surface area contributed by atoms with E-state index in [0.29, 0.717) is 18.1 Å². The number of primary amides is 1. The van der Waals surface area contributed by atoms with Gasteiger partial charge in [0, 0.05) is 26.2 Å². The Morgan fingerprint density at radius 2 is 1.80 bits per heavy atom. The first-order chi connectivity index (χ1) is 14.1. The number of halogens is 2. The van der Waals surface area contributed by atoms with Crippen molar-refractivity contribution >= 4 is 61.4 Å². The molecule has 3 rings (SSSR count). The van der Waals surface area contributed by atoms with Gasteiger partial charge in [-0.25, -0.2) is 8.42 Å². The smallest absolute Gasteiger partial charge is 0.251 e. The third kappa shape index (κ3) is 4.79. The van der Waals surface area contributed by atoms with E-state index in [4.69, 9.17) is 28.9 Å². The van der Waals surface area contributed by atoms with Crippen LogP contribution < -0.4 is 11.1 Å². The highest BCUT2D eigenvalue weighted by atomic mass is 35.5. The fourth-order valence-corrected chi connectivity index (χ4v) is 5.71. The Morgan fingerprint density at radius 3 is 2.40 bits per heavy atom. The Balaban J connectivity index is 1.63. The lowest BCUT2D eigenvalue weighted by molar-refractivity contribution is -0.121. The molecule has 0 saturated carbocycles. The van der Waals surface area contributed by atoms with E-state index in [1.165, 1.54) is 33.8 Å². The highest BCUT2D eigenvalue weighted by Gasteiger charge is 2.32. The predicted molar refractivity (Wildman–Crippen MR) is 118 cm³/mol. The number of nitrogens with two attached hydrogens (primary N) is 1. The van der Waals surface area contributed by atoms with E-state index in [9.17, 15) is 18.0 Å². The van der Waals surface area contributed by atoms with Crippen LogP contribution in [0.1, 0.15) is 17.3 Å². The van der Waals surface area contributed by atoms with Gasteiger partial charge in [-0.3, -0.25) is 14.5 Å². The number of hydrogen-bond acceptors (Lipinski definition) is 6. The molecule has 2 amide bonds. The normalized spacial score (nSPS) is 16.9. The molecule has 3 N–H and O–H groups in total. The first-order valence-corrected chi connectivity index (χ1v) is 12.1. The van der Waals surface area contributed by atoms with Crippen LogP contribution in [-0.4, -0.2) is 61.7 Å². The van der Waals surface area contributed by atoms with Crippen molar-refractivity contribution < 1.29 is 18.0 Å². The van der Waals surface area contributed by atoms with Crippen LogP contribution in [-0.2, 0) is 14.8 Å². The summed E-state index contributed by atoms with van der Waals surface area (Å²) < 4.78 is 27.1. The number of thiophene rings is 1. The Hall–Kier alpha value is -1.69. The molecule has 1 aliphatic rings. The largest absolute Gasteiger partial charge is 0.366 e. The maximum absolute atomic E-state index is 12.9. The standard InChI is InChI=1S/C18H20Cl2N4O4S2/c1-11(17(26)22-18-13(16(21)25)4-9-29-18)23-5-7-24(8-6-23)30(27,28)12-2-3-14(19)15(20)10-12/h2-4,9-11H,5-8H2,1H3,(H2,21,25)(H,22,26). The predicted octanol–water partition coefficient (Wildman–Crippen LogP) is 2.49. The van der Waals surface area contributed by atoms with Gasteiger partial charge in [0.05, 0.1) is 26.5 Å². The number of piperazine rings is 1. The van der Waals surface area contributed by atoms with Gasteiger partial charge in [0.25, 0.3) is 5.91 Å². The minimum Gasteiger partial charge on any atom is -0.366 e. The van der Waals surface area contributed by atoms with Crippen LogP contribution >= 0.6 is 34.5 Å². The molecule has 30 heavy (non-hydrogen) atoms. The molecule has 0 aliphatic carbocycles. The maximum atomic E-state index is 12.9. The molecule has 1 fully saturated rings. The van der Waals surface area contributed by atoms with E-state index in [0.717, 1.165) is 0 Å². The summed E-state index contributed by atoms with van der Waals surface area (Å²) in [5.41, 5.74) is 5.57. The van der Waals surface area contributed by atoms with Crippen LogP contribution in [0, 0.1) is 0 Å². The van der Waals surface area contributed by atoms with Crippen LogP contribution in [0.2, 0.25) is 10.0 Å². The molecule has 2 heterocycles. The van der Waals surface area contributed by atoms with Crippen molar-refractivity contribution in [1.29, 1.82) is 0 Å². The van der Waals surface area contributed by atoms with Crippen LogP contribution in [0.5, 0.6) is 0 Å². The maximum Gasteiger partial charge on any atom is 0.251 e. The molecule has 162 valence electrons. The van der Waals surface area contributed by atoms with Crippen LogP contribution in [0.15, 0.2) is 34.5 Å². The fraction of sp³-hybridized carbons (Fsp3) is 0.333. The van der Waals surface area contributed by atoms with E-state index in [1.54, 1.807) is 18.4 Å². The van der Waals surface area contributed by atoms with Crippen molar-refractivity contribution in [3.05, 3.63) is 45.3 Å². The summed E-state index contributed by atoms with van der Waals surface area (Å²) in [5, 5.41) is 5.26. The number of benzene rings is 1. The SMILES string of the molecule is CC(C(=O)Nc1sccc1C(N)=O)N1CCN(S(=O)(=O)c2ccc(Cl)c(Cl)c2)CC1. The first-order valence-electron chi connectivity index (χ1n) is 8.98. The first kappa shape index (κ1) is 23.0. The van der Waals surface area contributed by atoms with Gasteiger partial charge >= 0.3 is 0 Å². The molecule has 2 aromatic rings. The van der Waals surface area contributed by atoms with Gasteiger partial charge < -0.3 is 11.1 Å². The Morgan fingerprint density at radius 1 is 1.13 bits per heavy atom. The van der Waals surface area contributed by atoms with Gasteiger partial charge in [0.2, 0.25) is 15.9 Å². The number of nitrogens with zero attached hydrogens (tertiary/aromatic N) is 2. The van der Waals surface area contributed by atoms with Gasteiger partial charge in [-0.1, -0.05) is 23.2 Å². The second kappa shape index (κ2) is 9.21. The number of amides is 2. The highest BCUT2D eigenvalue weighted by molar-refractivity contribution is 7.89. The molecule has 0 bridgehead atoms. The lowest BCUT2D eigenvalue weighted by Crippen LogP contribution is -2.53. The van der Waals surface area contributed by atoms with E-state index >= 15 is 0 Å². The second-order valence-electron chi connectivity index (χ2n) is 6.71. The summed E-state index contributed by atoms with van der Waals surface area (Å²) in [7, 11) is -3.71. The number of hydrogen-bond donors (Lipinski definition) is 2. The van der Waals surface area contributed by atoms with Gasteiger partial charge in [-0.2, -0.15) is 4.31 Å². The molecule has 1 saturated heterocycles. The number of carbonyl (C=O) groups is 2. The molecule has 0 spiro atoms. The number of rotatable bonds is 6. The van der Waals surface area contributed by atoms with Gasteiger partial charge in [-0.05, 0) is 36.6 Å². The lowest BCUT2D eigenvalue weighted by atomic mass is 10.2. The molecule has 8 nitrogen and oxygen atoms in total. The number of nitrogens with one attached hydrogen (secondary N) is 1. The van der Waals surface area contributed by atoms with Gasteiger partial charge in [0.1, 0.15) is 5.00 Å². The zero-order chi connectivity index (χ0) is 22.1. The molecule has 0 radical (unpaired) electrons. The zero-order valence-corrected chi connectivity index (χ0v) is 19.1. The van der Waals surface area contributed by atoms with Gasteiger partial charge in [0.15, 0.2) is 0 Å². The van der Waals surface area contributed by atoms with Crippen molar-refractivity contribution in [2.45, 2.75) is 17.9 Å². The van der Waals surface area contributed by atoms with Crippen LogP contribution in [0.25, 0.3) is 0 Å². The summed E-state index contributed by atoms with van der Waals surface area (Å²) in [6.07, 6.45) is 0.